The first-order chi connectivity index (χ1) is 4.67. The van der Waals surface area contributed by atoms with Crippen molar-refractivity contribution in [3.8, 4) is 0 Å². The molecule has 1 heterocycles. The summed E-state index contributed by atoms with van der Waals surface area (Å²) in [5.41, 5.74) is 7.83. The molecule has 1 aliphatic rings. The summed E-state index contributed by atoms with van der Waals surface area (Å²) in [4.78, 5) is 2.28. The van der Waals surface area contributed by atoms with Gasteiger partial charge in [0.15, 0.2) is 0 Å². The van der Waals surface area contributed by atoms with Crippen LogP contribution in [0.4, 0.5) is 8.78 Å². The van der Waals surface area contributed by atoms with E-state index in [1.807, 2.05) is 0 Å². The molecule has 0 aromatic rings. The third-order valence-electron chi connectivity index (χ3n) is 1.25. The van der Waals surface area contributed by atoms with Crippen LogP contribution in [0.3, 0.4) is 0 Å². The van der Waals surface area contributed by atoms with Gasteiger partial charge in [-0.25, -0.2) is 8.78 Å². The first-order valence-electron chi connectivity index (χ1n) is 2.66. The molecule has 1 fully saturated rings. The van der Waals surface area contributed by atoms with Crippen LogP contribution < -0.4 is 0 Å². The lowest BCUT2D eigenvalue weighted by atomic mass is 10.2. The van der Waals surface area contributed by atoms with Gasteiger partial charge in [-0.2, -0.15) is 0 Å². The number of halogens is 2. The molecule has 0 radical (unpaired) electrons. The fraction of sp³-hybridized carbons (Fsp3) is 1.00. The Balaban J connectivity index is 2.68. The largest absolute Gasteiger partial charge is 0.375 e. The SMILES string of the molecule is [N-]=[N+]=NC1COCC1(F)F. The Morgan fingerprint density at radius 2 is 2.40 bits per heavy atom. The molecule has 1 atom stereocenters. The normalized spacial score (nSPS) is 29.6. The fourth-order valence-electron chi connectivity index (χ4n) is 0.705. The molecule has 10 heavy (non-hydrogen) atoms. The second-order valence-corrected chi connectivity index (χ2v) is 2.00. The average molecular weight is 149 g/mol. The first-order valence-corrected chi connectivity index (χ1v) is 2.66. The molecule has 6 heteroatoms. The number of hydrogen-bond acceptors (Lipinski definition) is 2. The molecule has 0 N–H and O–H groups in total. The van der Waals surface area contributed by atoms with Gasteiger partial charge in [0.25, 0.3) is 5.92 Å². The number of alkyl halides is 2. The summed E-state index contributed by atoms with van der Waals surface area (Å²) in [5, 5.41) is 2.88. The zero-order valence-electron chi connectivity index (χ0n) is 5.00. The maximum Gasteiger partial charge on any atom is 0.281 e. The number of rotatable bonds is 1. The Labute approximate surface area is 55.4 Å². The second kappa shape index (κ2) is 2.40. The summed E-state index contributed by atoms with van der Waals surface area (Å²) in [5.74, 6) is -2.98. The van der Waals surface area contributed by atoms with Crippen molar-refractivity contribution in [3.63, 3.8) is 0 Å². The van der Waals surface area contributed by atoms with E-state index in [0.29, 0.717) is 0 Å². The number of azide groups is 1. The highest BCUT2D eigenvalue weighted by Gasteiger charge is 2.44. The van der Waals surface area contributed by atoms with E-state index in [9.17, 15) is 8.78 Å². The Morgan fingerprint density at radius 3 is 2.80 bits per heavy atom. The van der Waals surface area contributed by atoms with Gasteiger partial charge < -0.3 is 4.74 Å². The highest BCUT2D eigenvalue weighted by Crippen LogP contribution is 2.27. The highest BCUT2D eigenvalue weighted by atomic mass is 19.3. The van der Waals surface area contributed by atoms with E-state index in [2.05, 4.69) is 14.8 Å². The van der Waals surface area contributed by atoms with E-state index in [1.165, 1.54) is 0 Å². The minimum absolute atomic E-state index is 0.183. The molecule has 0 aliphatic carbocycles. The minimum atomic E-state index is -2.98. The quantitative estimate of drug-likeness (QED) is 0.315. The third-order valence-corrected chi connectivity index (χ3v) is 1.25. The van der Waals surface area contributed by atoms with Crippen LogP contribution in [0.1, 0.15) is 0 Å². The summed E-state index contributed by atoms with van der Waals surface area (Å²) in [6, 6.07) is -1.32. The molecule has 0 bridgehead atoms. The molecule has 1 saturated heterocycles. The van der Waals surface area contributed by atoms with E-state index in [1.54, 1.807) is 0 Å². The highest BCUT2D eigenvalue weighted by molar-refractivity contribution is 4.88. The van der Waals surface area contributed by atoms with Crippen molar-refractivity contribution in [2.24, 2.45) is 5.11 Å². The summed E-state index contributed by atoms with van der Waals surface area (Å²) >= 11 is 0. The van der Waals surface area contributed by atoms with Gasteiger partial charge >= 0.3 is 0 Å². The monoisotopic (exact) mass is 149 g/mol. The smallest absolute Gasteiger partial charge is 0.281 e. The number of nitrogens with zero attached hydrogens (tertiary/aromatic N) is 3. The van der Waals surface area contributed by atoms with Crippen LogP contribution in [0.5, 0.6) is 0 Å². The molecule has 0 saturated carbocycles. The van der Waals surface area contributed by atoms with E-state index >= 15 is 0 Å². The molecule has 1 rings (SSSR count). The number of hydrogen-bond donors (Lipinski definition) is 0. The van der Waals surface area contributed by atoms with Gasteiger partial charge in [-0.1, -0.05) is 5.11 Å². The third kappa shape index (κ3) is 1.17. The lowest BCUT2D eigenvalue weighted by Gasteiger charge is -2.09. The van der Waals surface area contributed by atoms with Gasteiger partial charge in [-0.15, -0.1) is 0 Å². The number of ether oxygens (including phenoxy) is 1. The van der Waals surface area contributed by atoms with Gasteiger partial charge in [-0.3, -0.25) is 0 Å². The van der Waals surface area contributed by atoms with Gasteiger partial charge in [0.1, 0.15) is 12.6 Å². The Kier molecular flexibility index (Phi) is 1.74. The molecule has 4 nitrogen and oxygen atoms in total. The summed E-state index contributed by atoms with van der Waals surface area (Å²) in [7, 11) is 0. The fourth-order valence-corrected chi connectivity index (χ4v) is 0.705. The van der Waals surface area contributed by atoms with Gasteiger partial charge in [-0.05, 0) is 5.53 Å². The van der Waals surface area contributed by atoms with Crippen LogP contribution in [0.15, 0.2) is 5.11 Å². The lowest BCUT2D eigenvalue weighted by Crippen LogP contribution is -2.29. The maximum absolute atomic E-state index is 12.4. The molecule has 1 aliphatic heterocycles. The van der Waals surface area contributed by atoms with Crippen molar-refractivity contribution in [1.29, 1.82) is 0 Å². The zero-order chi connectivity index (χ0) is 7.61. The van der Waals surface area contributed by atoms with Crippen LogP contribution in [-0.2, 0) is 4.74 Å². The topological polar surface area (TPSA) is 58.0 Å². The summed E-state index contributed by atoms with van der Waals surface area (Å²) in [6.45, 7) is -0.826. The molecule has 0 aromatic heterocycles. The average Bonchev–Trinajstić information content (AvgIpc) is 2.13. The Hall–Kier alpha value is -0.870. The molecule has 1 unspecified atom stereocenters. The molecule has 0 amide bonds. The standard InChI is InChI=1S/C4H5F2N3O/c5-4(6)2-10-1-3(4)8-9-7/h3H,1-2H2. The van der Waals surface area contributed by atoms with Crippen molar-refractivity contribution >= 4 is 0 Å². The van der Waals surface area contributed by atoms with Crippen LogP contribution in [0, 0.1) is 0 Å². The predicted molar refractivity (Wildman–Crippen MR) is 28.7 cm³/mol. The van der Waals surface area contributed by atoms with E-state index < -0.39 is 18.6 Å². The molecular weight excluding hydrogens is 144 g/mol. The maximum atomic E-state index is 12.4. The minimum Gasteiger partial charge on any atom is -0.375 e. The molecule has 0 spiro atoms. The molecular formula is C4H5F2N3O. The van der Waals surface area contributed by atoms with Crippen molar-refractivity contribution in [1.82, 2.24) is 0 Å². The predicted octanol–water partition coefficient (Wildman–Crippen LogP) is 1.33. The van der Waals surface area contributed by atoms with Crippen molar-refractivity contribution in [2.45, 2.75) is 12.0 Å². The molecule has 0 aromatic carbocycles. The van der Waals surface area contributed by atoms with Crippen LogP contribution >= 0.6 is 0 Å². The van der Waals surface area contributed by atoms with Crippen LogP contribution in [0.2, 0.25) is 0 Å². The second-order valence-electron chi connectivity index (χ2n) is 2.00. The van der Waals surface area contributed by atoms with Crippen molar-refractivity contribution in [2.75, 3.05) is 13.2 Å². The van der Waals surface area contributed by atoms with Crippen molar-refractivity contribution < 1.29 is 13.5 Å². The Morgan fingerprint density at radius 1 is 1.70 bits per heavy atom. The van der Waals surface area contributed by atoms with E-state index in [4.69, 9.17) is 5.53 Å². The van der Waals surface area contributed by atoms with Gasteiger partial charge in [0.05, 0.1) is 6.61 Å². The summed E-state index contributed by atoms with van der Waals surface area (Å²) < 4.78 is 29.2. The first kappa shape index (κ1) is 7.24. The Bertz CT molecular complexity index is 177. The van der Waals surface area contributed by atoms with Crippen molar-refractivity contribution in [3.05, 3.63) is 10.4 Å². The molecule has 56 valence electrons. The van der Waals surface area contributed by atoms with Crippen LogP contribution in [-0.4, -0.2) is 25.2 Å². The van der Waals surface area contributed by atoms with E-state index in [0.717, 1.165) is 0 Å². The van der Waals surface area contributed by atoms with Gasteiger partial charge in [0, 0.05) is 4.91 Å². The lowest BCUT2D eigenvalue weighted by molar-refractivity contribution is -0.0165. The summed E-state index contributed by atoms with van der Waals surface area (Å²) in [6.07, 6.45) is 0. The van der Waals surface area contributed by atoms with Gasteiger partial charge in [0.2, 0.25) is 0 Å². The van der Waals surface area contributed by atoms with Crippen LogP contribution in [0.25, 0.3) is 10.4 Å². The zero-order valence-corrected chi connectivity index (χ0v) is 5.00. The van der Waals surface area contributed by atoms with E-state index in [-0.39, 0.29) is 6.61 Å².